The number of likely N-dealkylation sites (tertiary alicyclic amines) is 1. The molecule has 1 heterocycles. The van der Waals surface area contributed by atoms with E-state index in [-0.39, 0.29) is 24.3 Å². The van der Waals surface area contributed by atoms with Crippen molar-refractivity contribution in [3.8, 4) is 5.75 Å². The zero-order valence-electron chi connectivity index (χ0n) is 13.0. The maximum atomic E-state index is 11.9. The number of hydrogen-bond donors (Lipinski definition) is 2. The van der Waals surface area contributed by atoms with Crippen LogP contribution >= 0.6 is 11.6 Å². The molecule has 23 heavy (non-hydrogen) atoms. The quantitative estimate of drug-likeness (QED) is 0.470. The average molecular weight is 339 g/mol. The number of rotatable bonds is 6. The molecular weight excluding hydrogens is 320 g/mol. The first-order valence-electron chi connectivity index (χ1n) is 7.19. The number of ether oxygens (including phenoxy) is 1. The van der Waals surface area contributed by atoms with Crippen LogP contribution in [0.25, 0.3) is 0 Å². The number of allylic oxidation sites excluding steroid dienone is 1. The van der Waals surface area contributed by atoms with Gasteiger partial charge in [0, 0.05) is 6.54 Å². The second-order valence-corrected chi connectivity index (χ2v) is 5.90. The second kappa shape index (κ2) is 7.37. The van der Waals surface area contributed by atoms with Gasteiger partial charge in [0.1, 0.15) is 16.9 Å². The van der Waals surface area contributed by atoms with Crippen molar-refractivity contribution < 1.29 is 19.4 Å². The summed E-state index contributed by atoms with van der Waals surface area (Å²) in [5.74, 6) is -0.705. The molecule has 2 unspecified atom stereocenters. The number of carbonyl (C=O) groups excluding carboxylic acids is 1. The van der Waals surface area contributed by atoms with E-state index in [0.29, 0.717) is 17.9 Å². The highest BCUT2D eigenvalue weighted by Gasteiger charge is 2.41. The molecule has 1 fully saturated rings. The van der Waals surface area contributed by atoms with Crippen molar-refractivity contribution in [3.63, 3.8) is 0 Å². The molecule has 0 aliphatic carbocycles. The molecule has 0 saturated carbocycles. The molecule has 1 aromatic rings. The molecule has 1 amide bonds. The van der Waals surface area contributed by atoms with Crippen LogP contribution in [0.4, 0.5) is 0 Å². The van der Waals surface area contributed by atoms with E-state index in [0.717, 1.165) is 0 Å². The topological polar surface area (TPSA) is 78.9 Å². The molecule has 7 heteroatoms. The Labute approximate surface area is 139 Å². The molecule has 1 aromatic carbocycles. The van der Waals surface area contributed by atoms with E-state index >= 15 is 0 Å². The summed E-state index contributed by atoms with van der Waals surface area (Å²) in [7, 11) is 0. The molecule has 0 aromatic heterocycles. The number of hydrogen-bond acceptors (Lipinski definition) is 4. The maximum absolute atomic E-state index is 11.9. The highest BCUT2D eigenvalue weighted by Crippen LogP contribution is 2.28. The molecule has 2 atom stereocenters. The maximum Gasteiger partial charge on any atom is 0.352 e. The van der Waals surface area contributed by atoms with Gasteiger partial charge in [-0.3, -0.25) is 4.79 Å². The summed E-state index contributed by atoms with van der Waals surface area (Å²) in [6, 6.07) is 8.71. The third-order valence-electron chi connectivity index (χ3n) is 3.45. The van der Waals surface area contributed by atoms with E-state index in [4.69, 9.17) is 16.3 Å². The van der Waals surface area contributed by atoms with E-state index in [2.05, 4.69) is 5.32 Å². The molecule has 0 bridgehead atoms. The first kappa shape index (κ1) is 17.1. The number of carboxylic acids is 1. The highest BCUT2D eigenvalue weighted by molar-refractivity contribution is 6.22. The minimum absolute atomic E-state index is 0.113. The summed E-state index contributed by atoms with van der Waals surface area (Å²) < 4.78 is 5.35. The lowest BCUT2D eigenvalue weighted by Gasteiger charge is -2.46. The molecule has 6 nitrogen and oxygen atoms in total. The zero-order valence-corrected chi connectivity index (χ0v) is 13.7. The van der Waals surface area contributed by atoms with Crippen molar-refractivity contribution in [2.75, 3.05) is 13.2 Å². The summed E-state index contributed by atoms with van der Waals surface area (Å²) in [4.78, 5) is 24.7. The third-order valence-corrected chi connectivity index (χ3v) is 3.99. The summed E-state index contributed by atoms with van der Waals surface area (Å²) >= 11 is 6.20. The standard InChI is InChI=1S/C16H19ClN2O4/c1-10(2)14(16(21)22)19-8-12(15(19)17)18-13(20)9-23-11-6-4-3-5-7-11/h3-7,12,15H,8-9H2,1-2H3,(H,18,20)(H,21,22). The Bertz CT molecular complexity index is 614. The van der Waals surface area contributed by atoms with Crippen molar-refractivity contribution in [3.05, 3.63) is 41.6 Å². The molecule has 0 spiro atoms. The smallest absolute Gasteiger partial charge is 0.352 e. The van der Waals surface area contributed by atoms with Crippen LogP contribution < -0.4 is 10.1 Å². The fourth-order valence-corrected chi connectivity index (χ4v) is 2.67. The third kappa shape index (κ3) is 4.16. The summed E-state index contributed by atoms with van der Waals surface area (Å²) in [5, 5.41) is 12.0. The van der Waals surface area contributed by atoms with Crippen molar-refractivity contribution in [2.45, 2.75) is 25.4 Å². The molecule has 1 aliphatic rings. The van der Waals surface area contributed by atoms with Gasteiger partial charge in [0.2, 0.25) is 0 Å². The number of nitrogens with one attached hydrogen (secondary N) is 1. The van der Waals surface area contributed by atoms with Crippen molar-refractivity contribution in [1.82, 2.24) is 10.2 Å². The number of amides is 1. The van der Waals surface area contributed by atoms with Crippen molar-refractivity contribution >= 4 is 23.5 Å². The Hall–Kier alpha value is -2.21. The van der Waals surface area contributed by atoms with Gasteiger partial charge in [0.25, 0.3) is 5.91 Å². The van der Waals surface area contributed by atoms with Crippen LogP contribution in [-0.2, 0) is 9.59 Å². The Morgan fingerprint density at radius 3 is 2.52 bits per heavy atom. The van der Waals surface area contributed by atoms with E-state index in [1.54, 1.807) is 30.9 Å². The molecule has 2 N–H and O–H groups in total. The van der Waals surface area contributed by atoms with Crippen LogP contribution in [0.15, 0.2) is 41.6 Å². The van der Waals surface area contributed by atoms with E-state index in [9.17, 15) is 14.7 Å². The molecular formula is C16H19ClN2O4. The lowest BCUT2D eigenvalue weighted by Crippen LogP contribution is -2.64. The first-order chi connectivity index (χ1) is 10.9. The minimum atomic E-state index is -1.02. The van der Waals surface area contributed by atoms with Gasteiger partial charge in [-0.1, -0.05) is 29.8 Å². The monoisotopic (exact) mass is 338 g/mol. The van der Waals surface area contributed by atoms with Crippen LogP contribution in [0.5, 0.6) is 5.75 Å². The minimum Gasteiger partial charge on any atom is -0.484 e. The van der Waals surface area contributed by atoms with Gasteiger partial charge in [-0.25, -0.2) is 4.79 Å². The number of aliphatic carboxylic acids is 1. The highest BCUT2D eigenvalue weighted by atomic mass is 35.5. The van der Waals surface area contributed by atoms with Crippen LogP contribution in [0, 0.1) is 0 Å². The van der Waals surface area contributed by atoms with Crippen LogP contribution in [0.2, 0.25) is 0 Å². The molecule has 0 radical (unpaired) electrons. The van der Waals surface area contributed by atoms with Gasteiger partial charge in [0.05, 0.1) is 6.04 Å². The number of benzene rings is 1. The van der Waals surface area contributed by atoms with Crippen molar-refractivity contribution in [1.29, 1.82) is 0 Å². The van der Waals surface area contributed by atoms with E-state index in [1.165, 1.54) is 0 Å². The normalized spacial score (nSPS) is 19.5. The Balaban J connectivity index is 1.83. The number of nitrogens with zero attached hydrogens (tertiary/aromatic N) is 1. The van der Waals surface area contributed by atoms with Gasteiger partial charge in [-0.05, 0) is 31.6 Å². The van der Waals surface area contributed by atoms with Gasteiger partial charge in [0.15, 0.2) is 6.61 Å². The first-order valence-corrected chi connectivity index (χ1v) is 7.62. The van der Waals surface area contributed by atoms with Gasteiger partial charge >= 0.3 is 5.97 Å². The van der Waals surface area contributed by atoms with Gasteiger partial charge in [-0.2, -0.15) is 0 Å². The number of para-hydroxylation sites is 1. The second-order valence-electron chi connectivity index (χ2n) is 5.45. The molecule has 2 rings (SSSR count). The fourth-order valence-electron chi connectivity index (χ4n) is 2.35. The predicted molar refractivity (Wildman–Crippen MR) is 86.2 cm³/mol. The zero-order chi connectivity index (χ0) is 17.0. The largest absolute Gasteiger partial charge is 0.484 e. The van der Waals surface area contributed by atoms with E-state index < -0.39 is 11.5 Å². The van der Waals surface area contributed by atoms with Crippen LogP contribution in [-0.4, -0.2) is 46.6 Å². The summed E-state index contributed by atoms with van der Waals surface area (Å²) in [6.45, 7) is 3.68. The summed E-state index contributed by atoms with van der Waals surface area (Å²) in [5.41, 5.74) is 0.257. The van der Waals surface area contributed by atoms with E-state index in [1.807, 2.05) is 18.2 Å². The Morgan fingerprint density at radius 1 is 1.35 bits per heavy atom. The number of carboxylic acid groups (broad SMARTS) is 1. The number of carbonyl (C=O) groups is 2. The molecule has 1 saturated heterocycles. The Kier molecular flexibility index (Phi) is 5.50. The summed E-state index contributed by atoms with van der Waals surface area (Å²) in [6.07, 6.45) is 0. The lowest BCUT2D eigenvalue weighted by atomic mass is 10.1. The van der Waals surface area contributed by atoms with Crippen LogP contribution in [0.1, 0.15) is 13.8 Å². The SMILES string of the molecule is CC(C)=C(C(=O)O)N1CC(NC(=O)COc2ccccc2)C1Cl. The average Bonchev–Trinajstić information content (AvgIpc) is 2.51. The fraction of sp³-hybridized carbons (Fsp3) is 0.375. The number of alkyl halides is 1. The van der Waals surface area contributed by atoms with Gasteiger partial charge in [-0.15, -0.1) is 0 Å². The predicted octanol–water partition coefficient (Wildman–Crippen LogP) is 1.81. The molecule has 1 aliphatic heterocycles. The van der Waals surface area contributed by atoms with Crippen molar-refractivity contribution in [2.24, 2.45) is 0 Å². The van der Waals surface area contributed by atoms with Gasteiger partial charge < -0.3 is 20.1 Å². The Morgan fingerprint density at radius 2 is 2.00 bits per heavy atom. The lowest BCUT2D eigenvalue weighted by molar-refractivity contribution is -0.135. The number of halogens is 1. The van der Waals surface area contributed by atoms with Crippen LogP contribution in [0.3, 0.4) is 0 Å². The molecule has 124 valence electrons.